The number of halogens is 3. The topological polar surface area (TPSA) is 63.4 Å². The molecule has 0 aliphatic heterocycles. The van der Waals surface area contributed by atoms with E-state index in [1.54, 1.807) is 26.8 Å². The first-order valence-corrected chi connectivity index (χ1v) is 7.80. The summed E-state index contributed by atoms with van der Waals surface area (Å²) in [7, 11) is -4.24. The van der Waals surface area contributed by atoms with Crippen molar-refractivity contribution in [1.29, 1.82) is 0 Å². The lowest BCUT2D eigenvalue weighted by Gasteiger charge is -2.25. The minimum absolute atomic E-state index is 0.199. The quantitative estimate of drug-likeness (QED) is 0.847. The molecule has 1 rings (SSSR count). The Hall–Kier alpha value is -1.28. The summed E-state index contributed by atoms with van der Waals surface area (Å²) in [4.78, 5) is -0.218. The molecule has 1 aromatic rings. The van der Waals surface area contributed by atoms with Crippen LogP contribution in [0, 0.1) is 12.8 Å². The minimum atomic E-state index is -4.60. The Morgan fingerprint density at radius 1 is 1.24 bits per heavy atom. The third-order valence-corrected chi connectivity index (χ3v) is 4.42. The van der Waals surface area contributed by atoms with Gasteiger partial charge in [0.25, 0.3) is 0 Å². The Morgan fingerprint density at radius 3 is 2.24 bits per heavy atom. The molecule has 0 aliphatic rings. The van der Waals surface area contributed by atoms with Crippen molar-refractivity contribution in [3.05, 3.63) is 23.8 Å². The molecule has 0 fully saturated rings. The molecular formula is C13H19F3N2O2S. The Morgan fingerprint density at radius 2 is 1.81 bits per heavy atom. The largest absolute Gasteiger partial charge is 0.402 e. The van der Waals surface area contributed by atoms with Gasteiger partial charge in [0, 0.05) is 12.2 Å². The molecule has 0 saturated carbocycles. The molecule has 0 spiro atoms. The van der Waals surface area contributed by atoms with Crippen LogP contribution < -0.4 is 5.73 Å². The molecule has 0 radical (unpaired) electrons. The summed E-state index contributed by atoms with van der Waals surface area (Å²) in [5, 5.41) is 0. The number of nitrogens with two attached hydrogens (primary N) is 1. The molecule has 0 amide bonds. The SMILES string of the molecule is Cc1cc(N)cc(S(=O)(=O)N(CC(C)C)CC(F)(F)F)c1. The molecule has 0 atom stereocenters. The van der Waals surface area contributed by atoms with Crippen LogP contribution in [-0.4, -0.2) is 32.0 Å². The molecule has 0 aromatic heterocycles. The number of sulfonamides is 1. The van der Waals surface area contributed by atoms with E-state index in [0.717, 1.165) is 0 Å². The second-order valence-corrected chi connectivity index (χ2v) is 7.32. The van der Waals surface area contributed by atoms with Gasteiger partial charge in [-0.2, -0.15) is 17.5 Å². The van der Waals surface area contributed by atoms with Crippen LogP contribution in [0.1, 0.15) is 19.4 Å². The summed E-state index contributed by atoms with van der Waals surface area (Å²) in [5.41, 5.74) is 6.35. The van der Waals surface area contributed by atoms with Crippen LogP contribution in [0.3, 0.4) is 0 Å². The van der Waals surface area contributed by atoms with Gasteiger partial charge in [0.05, 0.1) is 4.90 Å². The molecule has 4 nitrogen and oxygen atoms in total. The highest BCUT2D eigenvalue weighted by Gasteiger charge is 2.37. The zero-order chi connectivity index (χ0) is 16.4. The first kappa shape index (κ1) is 17.8. The number of hydrogen-bond donors (Lipinski definition) is 1. The second-order valence-electron chi connectivity index (χ2n) is 5.39. The fraction of sp³-hybridized carbons (Fsp3) is 0.538. The Labute approximate surface area is 122 Å². The zero-order valence-corrected chi connectivity index (χ0v) is 12.9. The normalized spacial score (nSPS) is 13.1. The first-order chi connectivity index (χ1) is 9.41. The van der Waals surface area contributed by atoms with Crippen molar-refractivity contribution < 1.29 is 21.6 Å². The van der Waals surface area contributed by atoms with Crippen LogP contribution in [0.25, 0.3) is 0 Å². The second kappa shape index (κ2) is 6.23. The maximum atomic E-state index is 12.6. The smallest absolute Gasteiger partial charge is 0.399 e. The van der Waals surface area contributed by atoms with E-state index < -0.39 is 22.7 Å². The molecular weight excluding hydrogens is 305 g/mol. The fourth-order valence-electron chi connectivity index (χ4n) is 1.93. The summed E-state index contributed by atoms with van der Waals surface area (Å²) < 4.78 is 63.2. The molecule has 8 heteroatoms. The molecule has 0 bridgehead atoms. The van der Waals surface area contributed by atoms with Crippen LogP contribution in [0.2, 0.25) is 0 Å². The van der Waals surface area contributed by atoms with Crippen molar-refractivity contribution >= 4 is 15.7 Å². The van der Waals surface area contributed by atoms with Crippen LogP contribution in [0.15, 0.2) is 23.1 Å². The molecule has 0 saturated heterocycles. The highest BCUT2D eigenvalue weighted by Crippen LogP contribution is 2.25. The van der Waals surface area contributed by atoms with Crippen molar-refractivity contribution in [2.45, 2.75) is 31.8 Å². The van der Waals surface area contributed by atoms with Gasteiger partial charge in [-0.15, -0.1) is 0 Å². The van der Waals surface area contributed by atoms with E-state index in [2.05, 4.69) is 0 Å². The van der Waals surface area contributed by atoms with Crippen LogP contribution in [0.4, 0.5) is 18.9 Å². The number of rotatable bonds is 5. The van der Waals surface area contributed by atoms with E-state index in [4.69, 9.17) is 5.73 Å². The number of alkyl halides is 3. The molecule has 21 heavy (non-hydrogen) atoms. The lowest BCUT2D eigenvalue weighted by atomic mass is 10.2. The van der Waals surface area contributed by atoms with Gasteiger partial charge >= 0.3 is 6.18 Å². The van der Waals surface area contributed by atoms with Crippen molar-refractivity contribution in [3.8, 4) is 0 Å². The van der Waals surface area contributed by atoms with Crippen molar-refractivity contribution in [1.82, 2.24) is 4.31 Å². The van der Waals surface area contributed by atoms with Crippen LogP contribution in [-0.2, 0) is 10.0 Å². The molecule has 120 valence electrons. The van der Waals surface area contributed by atoms with Gasteiger partial charge in [0.1, 0.15) is 6.54 Å². The Bertz CT molecular complexity index is 578. The average Bonchev–Trinajstić information content (AvgIpc) is 2.24. The maximum Gasteiger partial charge on any atom is 0.402 e. The summed E-state index contributed by atoms with van der Waals surface area (Å²) in [6.07, 6.45) is -4.60. The van der Waals surface area contributed by atoms with E-state index in [0.29, 0.717) is 9.87 Å². The molecule has 1 aromatic carbocycles. The van der Waals surface area contributed by atoms with Gasteiger partial charge in [-0.05, 0) is 36.6 Å². The standard InChI is InChI=1S/C13H19F3N2O2S/c1-9(2)7-18(8-13(14,15)16)21(19,20)12-5-10(3)4-11(17)6-12/h4-6,9H,7-8,17H2,1-3H3. The van der Waals surface area contributed by atoms with Gasteiger partial charge < -0.3 is 5.73 Å². The fourth-order valence-corrected chi connectivity index (χ4v) is 3.66. The summed E-state index contributed by atoms with van der Waals surface area (Å²) in [6, 6.07) is 4.04. The third kappa shape index (κ3) is 5.20. The Balaban J connectivity index is 3.25. The van der Waals surface area contributed by atoms with Gasteiger partial charge in [-0.3, -0.25) is 0 Å². The maximum absolute atomic E-state index is 12.6. The number of benzene rings is 1. The number of nitrogens with zero attached hydrogens (tertiary/aromatic N) is 1. The number of nitrogen functional groups attached to an aromatic ring is 1. The number of aryl methyl sites for hydroxylation is 1. The van der Waals surface area contributed by atoms with E-state index >= 15 is 0 Å². The molecule has 2 N–H and O–H groups in total. The minimum Gasteiger partial charge on any atom is -0.399 e. The van der Waals surface area contributed by atoms with E-state index in [-0.39, 0.29) is 23.0 Å². The highest BCUT2D eigenvalue weighted by atomic mass is 32.2. The van der Waals surface area contributed by atoms with E-state index in [9.17, 15) is 21.6 Å². The van der Waals surface area contributed by atoms with Crippen molar-refractivity contribution in [2.24, 2.45) is 5.92 Å². The molecule has 0 aliphatic carbocycles. The third-order valence-electron chi connectivity index (χ3n) is 2.64. The van der Waals surface area contributed by atoms with E-state index in [1.165, 1.54) is 12.1 Å². The van der Waals surface area contributed by atoms with E-state index in [1.807, 2.05) is 0 Å². The van der Waals surface area contributed by atoms with Crippen LogP contribution in [0.5, 0.6) is 0 Å². The molecule has 0 heterocycles. The van der Waals surface area contributed by atoms with Gasteiger partial charge in [-0.1, -0.05) is 13.8 Å². The predicted octanol–water partition coefficient (Wildman–Crippen LogP) is 2.79. The number of hydrogen-bond acceptors (Lipinski definition) is 3. The lowest BCUT2D eigenvalue weighted by Crippen LogP contribution is -2.41. The monoisotopic (exact) mass is 324 g/mol. The summed E-state index contributed by atoms with van der Waals surface area (Å²) >= 11 is 0. The van der Waals surface area contributed by atoms with Crippen LogP contribution >= 0.6 is 0 Å². The number of anilines is 1. The van der Waals surface area contributed by atoms with Gasteiger partial charge in [-0.25, -0.2) is 8.42 Å². The lowest BCUT2D eigenvalue weighted by molar-refractivity contribution is -0.136. The zero-order valence-electron chi connectivity index (χ0n) is 12.1. The highest BCUT2D eigenvalue weighted by molar-refractivity contribution is 7.89. The first-order valence-electron chi connectivity index (χ1n) is 6.36. The summed E-state index contributed by atoms with van der Waals surface area (Å²) in [5.74, 6) is -0.232. The average molecular weight is 324 g/mol. The van der Waals surface area contributed by atoms with Gasteiger partial charge in [0.2, 0.25) is 10.0 Å². The summed E-state index contributed by atoms with van der Waals surface area (Å²) in [6.45, 7) is 3.22. The van der Waals surface area contributed by atoms with Gasteiger partial charge in [0.15, 0.2) is 0 Å². The van der Waals surface area contributed by atoms with Crippen molar-refractivity contribution in [3.63, 3.8) is 0 Å². The Kier molecular flexibility index (Phi) is 5.27. The predicted molar refractivity (Wildman–Crippen MR) is 75.2 cm³/mol. The molecule has 0 unspecified atom stereocenters. The van der Waals surface area contributed by atoms with Crippen molar-refractivity contribution in [2.75, 3.05) is 18.8 Å².